The number of H-pyrrole nitrogens is 1. The quantitative estimate of drug-likeness (QED) is 0.567. The first kappa shape index (κ1) is 20.5. The maximum absolute atomic E-state index is 13.5. The Kier molecular flexibility index (Phi) is 5.33. The molecule has 0 saturated heterocycles. The summed E-state index contributed by atoms with van der Waals surface area (Å²) in [4.78, 5) is 16.6. The van der Waals surface area contributed by atoms with E-state index in [9.17, 15) is 22.4 Å². The number of anilines is 1. The largest absolute Gasteiger partial charge is 0.523 e. The van der Waals surface area contributed by atoms with E-state index in [4.69, 9.17) is 11.6 Å². The molecule has 0 bridgehead atoms. The number of benzene rings is 2. The Morgan fingerprint density at radius 1 is 1.17 bits per heavy atom. The highest BCUT2D eigenvalue weighted by Crippen LogP contribution is 2.36. The summed E-state index contributed by atoms with van der Waals surface area (Å²) in [6.45, 7) is 0.0384. The number of carbonyl (C=O) groups is 1. The van der Waals surface area contributed by atoms with Gasteiger partial charge in [-0.3, -0.25) is 9.53 Å². The SMILES string of the molecule is O=C(COC(F)(F)F)NCc1cc2cc(Cl)c(N3Cc4ccc(F)cc4C3)cc2[nH]1. The van der Waals surface area contributed by atoms with E-state index < -0.39 is 18.9 Å². The molecule has 30 heavy (non-hydrogen) atoms. The predicted molar refractivity (Wildman–Crippen MR) is 103 cm³/mol. The number of carbonyl (C=O) groups excluding carboxylic acids is 1. The van der Waals surface area contributed by atoms with E-state index in [2.05, 4.69) is 15.0 Å². The molecule has 0 aliphatic carbocycles. The Hall–Kier alpha value is -2.78. The number of ether oxygens (including phenoxy) is 1. The average Bonchev–Trinajstić information content (AvgIpc) is 3.26. The van der Waals surface area contributed by atoms with Crippen LogP contribution in [0, 0.1) is 5.82 Å². The van der Waals surface area contributed by atoms with Gasteiger partial charge in [-0.25, -0.2) is 4.39 Å². The number of hydrogen-bond acceptors (Lipinski definition) is 3. The molecule has 1 aliphatic heterocycles. The Labute approximate surface area is 173 Å². The summed E-state index contributed by atoms with van der Waals surface area (Å²) in [5, 5.41) is 3.67. The lowest BCUT2D eigenvalue weighted by molar-refractivity contribution is -0.321. The highest BCUT2D eigenvalue weighted by Gasteiger charge is 2.30. The first-order chi connectivity index (χ1) is 14.2. The Balaban J connectivity index is 1.46. The number of halogens is 5. The molecular formula is C20H16ClF4N3O2. The maximum Gasteiger partial charge on any atom is 0.523 e. The second-order valence-electron chi connectivity index (χ2n) is 6.97. The molecule has 0 saturated carbocycles. The van der Waals surface area contributed by atoms with E-state index in [1.54, 1.807) is 18.2 Å². The molecule has 0 spiro atoms. The number of aromatic nitrogens is 1. The molecule has 2 N–H and O–H groups in total. The molecule has 1 aliphatic rings. The summed E-state index contributed by atoms with van der Waals surface area (Å²) in [7, 11) is 0. The van der Waals surface area contributed by atoms with Gasteiger partial charge in [0, 0.05) is 29.7 Å². The zero-order chi connectivity index (χ0) is 21.5. The van der Waals surface area contributed by atoms with E-state index in [-0.39, 0.29) is 12.4 Å². The first-order valence-electron chi connectivity index (χ1n) is 8.99. The van der Waals surface area contributed by atoms with Crippen molar-refractivity contribution in [3.8, 4) is 0 Å². The zero-order valence-corrected chi connectivity index (χ0v) is 16.2. The van der Waals surface area contributed by atoms with Crippen LogP contribution in [0.3, 0.4) is 0 Å². The van der Waals surface area contributed by atoms with Crippen molar-refractivity contribution in [2.24, 2.45) is 0 Å². The van der Waals surface area contributed by atoms with Crippen molar-refractivity contribution >= 4 is 34.1 Å². The summed E-state index contributed by atoms with van der Waals surface area (Å²) in [6, 6.07) is 10.1. The summed E-state index contributed by atoms with van der Waals surface area (Å²) in [5.41, 5.74) is 4.07. The smallest absolute Gasteiger partial charge is 0.362 e. The third-order valence-corrected chi connectivity index (χ3v) is 5.12. The van der Waals surface area contributed by atoms with Gasteiger partial charge in [-0.1, -0.05) is 17.7 Å². The number of fused-ring (bicyclic) bond motifs is 2. The highest BCUT2D eigenvalue weighted by atomic mass is 35.5. The summed E-state index contributed by atoms with van der Waals surface area (Å²) in [5.74, 6) is -1.17. The third-order valence-electron chi connectivity index (χ3n) is 4.82. The van der Waals surface area contributed by atoms with Crippen molar-refractivity contribution in [3.05, 3.63) is 64.1 Å². The summed E-state index contributed by atoms with van der Waals surface area (Å²) in [6.07, 6.45) is -4.85. The minimum Gasteiger partial charge on any atom is -0.362 e. The fourth-order valence-corrected chi connectivity index (χ4v) is 3.76. The minimum absolute atomic E-state index is 0.0100. The topological polar surface area (TPSA) is 57.4 Å². The van der Waals surface area contributed by atoms with Crippen LogP contribution >= 0.6 is 11.6 Å². The molecule has 0 unspecified atom stereocenters. The number of rotatable bonds is 5. The van der Waals surface area contributed by atoms with Crippen molar-refractivity contribution in [3.63, 3.8) is 0 Å². The van der Waals surface area contributed by atoms with Gasteiger partial charge in [0.2, 0.25) is 5.91 Å². The molecule has 10 heteroatoms. The molecule has 1 amide bonds. The molecule has 0 atom stereocenters. The second-order valence-corrected chi connectivity index (χ2v) is 7.37. The van der Waals surface area contributed by atoms with Crippen LogP contribution in [0.1, 0.15) is 16.8 Å². The van der Waals surface area contributed by atoms with Gasteiger partial charge in [-0.05, 0) is 41.5 Å². The van der Waals surface area contributed by atoms with E-state index in [1.165, 1.54) is 12.1 Å². The molecule has 5 nitrogen and oxygen atoms in total. The number of hydrogen-bond donors (Lipinski definition) is 2. The van der Waals surface area contributed by atoms with Crippen LogP contribution < -0.4 is 10.2 Å². The van der Waals surface area contributed by atoms with E-state index >= 15 is 0 Å². The second kappa shape index (κ2) is 7.81. The fourth-order valence-electron chi connectivity index (χ4n) is 3.46. The molecule has 2 heterocycles. The normalized spacial score (nSPS) is 13.7. The predicted octanol–water partition coefficient (Wildman–Crippen LogP) is 4.63. The van der Waals surface area contributed by atoms with Crippen LogP contribution in [0.2, 0.25) is 5.02 Å². The highest BCUT2D eigenvalue weighted by molar-refractivity contribution is 6.34. The van der Waals surface area contributed by atoms with E-state index in [1.807, 2.05) is 11.0 Å². The van der Waals surface area contributed by atoms with Gasteiger partial charge in [-0.15, -0.1) is 13.2 Å². The number of amides is 1. The Morgan fingerprint density at radius 2 is 1.93 bits per heavy atom. The van der Waals surface area contributed by atoms with Crippen LogP contribution in [-0.2, 0) is 29.2 Å². The lowest BCUT2D eigenvalue weighted by Crippen LogP contribution is -2.30. The summed E-state index contributed by atoms with van der Waals surface area (Å²) < 4.78 is 52.9. The van der Waals surface area contributed by atoms with Crippen LogP contribution in [0.4, 0.5) is 23.2 Å². The molecule has 2 aromatic carbocycles. The molecule has 0 fully saturated rings. The lowest BCUT2D eigenvalue weighted by atomic mass is 10.1. The van der Waals surface area contributed by atoms with E-state index in [0.29, 0.717) is 23.8 Å². The van der Waals surface area contributed by atoms with Gasteiger partial charge in [0.25, 0.3) is 0 Å². The molecule has 1 aromatic heterocycles. The van der Waals surface area contributed by atoms with Crippen LogP contribution in [0.5, 0.6) is 0 Å². The number of nitrogens with zero attached hydrogens (tertiary/aromatic N) is 1. The standard InChI is InChI=1S/C20H16ClF4N3O2/c21-16-5-12-4-15(7-26-19(29)10-30-20(23,24)25)27-17(12)6-18(16)28-8-11-1-2-14(22)3-13(11)9-28/h1-6,27H,7-10H2,(H,26,29). The Morgan fingerprint density at radius 3 is 2.70 bits per heavy atom. The van der Waals surface area contributed by atoms with Gasteiger partial charge in [0.05, 0.1) is 17.3 Å². The number of alkyl halides is 3. The minimum atomic E-state index is -4.85. The third kappa shape index (κ3) is 4.52. The average molecular weight is 442 g/mol. The number of aromatic amines is 1. The van der Waals surface area contributed by atoms with E-state index in [0.717, 1.165) is 27.7 Å². The van der Waals surface area contributed by atoms with Crippen molar-refractivity contribution in [1.29, 1.82) is 0 Å². The van der Waals surface area contributed by atoms with Crippen molar-refractivity contribution in [2.45, 2.75) is 26.0 Å². The lowest BCUT2D eigenvalue weighted by Gasteiger charge is -2.19. The van der Waals surface area contributed by atoms with Gasteiger partial charge < -0.3 is 15.2 Å². The van der Waals surface area contributed by atoms with Crippen LogP contribution in [0.15, 0.2) is 36.4 Å². The van der Waals surface area contributed by atoms with Crippen LogP contribution in [0.25, 0.3) is 10.9 Å². The monoisotopic (exact) mass is 441 g/mol. The molecule has 3 aromatic rings. The van der Waals surface area contributed by atoms with Gasteiger partial charge in [0.1, 0.15) is 12.4 Å². The first-order valence-corrected chi connectivity index (χ1v) is 9.36. The molecular weight excluding hydrogens is 426 g/mol. The zero-order valence-electron chi connectivity index (χ0n) is 15.4. The Bertz CT molecular complexity index is 1110. The van der Waals surface area contributed by atoms with Gasteiger partial charge in [-0.2, -0.15) is 0 Å². The molecule has 4 rings (SSSR count). The maximum atomic E-state index is 13.5. The van der Waals surface area contributed by atoms with Crippen molar-refractivity contribution in [1.82, 2.24) is 10.3 Å². The van der Waals surface area contributed by atoms with Gasteiger partial charge in [0.15, 0.2) is 0 Å². The fraction of sp³-hybridized carbons (Fsp3) is 0.250. The molecule has 0 radical (unpaired) electrons. The van der Waals surface area contributed by atoms with Crippen LogP contribution in [-0.4, -0.2) is 23.9 Å². The van der Waals surface area contributed by atoms with Crippen molar-refractivity contribution < 1.29 is 27.1 Å². The summed E-state index contributed by atoms with van der Waals surface area (Å²) >= 11 is 6.46. The molecule has 158 valence electrons. The van der Waals surface area contributed by atoms with Gasteiger partial charge >= 0.3 is 6.36 Å². The van der Waals surface area contributed by atoms with Crippen molar-refractivity contribution in [2.75, 3.05) is 11.5 Å². The number of nitrogens with one attached hydrogen (secondary N) is 2.